The minimum Gasteiger partial charge on any atom is -0.382 e. The molecule has 17 heavy (non-hydrogen) atoms. The number of anilines is 1. The molecule has 1 heterocycles. The molecule has 2 rings (SSSR count). The van der Waals surface area contributed by atoms with E-state index in [1.165, 1.54) is 4.68 Å². The van der Waals surface area contributed by atoms with Crippen LogP contribution in [0.15, 0.2) is 30.3 Å². The maximum absolute atomic E-state index is 12.1. The normalized spacial score (nSPS) is 10.8. The number of aromatic nitrogens is 3. The Labute approximate surface area is 99.2 Å². The number of nitrogen functional groups attached to an aromatic ring is 1. The van der Waals surface area contributed by atoms with Gasteiger partial charge in [-0.25, -0.2) is 4.68 Å². The van der Waals surface area contributed by atoms with Crippen molar-refractivity contribution < 1.29 is 4.79 Å². The lowest BCUT2D eigenvalue weighted by Crippen LogP contribution is -2.10. The summed E-state index contributed by atoms with van der Waals surface area (Å²) in [5, 5.41) is 7.73. The van der Waals surface area contributed by atoms with Crippen LogP contribution in [0.5, 0.6) is 0 Å². The Morgan fingerprint density at radius 1 is 1.29 bits per heavy atom. The summed E-state index contributed by atoms with van der Waals surface area (Å²) in [7, 11) is 0. The molecule has 0 spiro atoms. The van der Waals surface area contributed by atoms with Crippen LogP contribution in [0.1, 0.15) is 35.9 Å². The highest BCUT2D eigenvalue weighted by Crippen LogP contribution is 2.16. The summed E-state index contributed by atoms with van der Waals surface area (Å²) in [6.07, 6.45) is 0. The number of benzene rings is 1. The molecule has 0 aliphatic carbocycles. The van der Waals surface area contributed by atoms with E-state index in [1.807, 2.05) is 19.9 Å². The third-order valence-corrected chi connectivity index (χ3v) is 2.47. The van der Waals surface area contributed by atoms with Gasteiger partial charge in [0.2, 0.25) is 5.78 Å². The summed E-state index contributed by atoms with van der Waals surface area (Å²) in [4.78, 5) is 12.1. The van der Waals surface area contributed by atoms with E-state index < -0.39 is 0 Å². The molecule has 88 valence electrons. The highest BCUT2D eigenvalue weighted by Gasteiger charge is 2.19. The second-order valence-electron chi connectivity index (χ2n) is 4.06. The molecule has 0 saturated heterocycles. The van der Waals surface area contributed by atoms with Gasteiger partial charge < -0.3 is 5.73 Å². The Hall–Kier alpha value is -2.17. The van der Waals surface area contributed by atoms with Crippen LogP contribution in [-0.2, 0) is 0 Å². The number of hydrogen-bond donors (Lipinski definition) is 1. The summed E-state index contributed by atoms with van der Waals surface area (Å²) in [5.74, 6) is 0.115. The van der Waals surface area contributed by atoms with E-state index in [0.717, 1.165) is 0 Å². The molecule has 0 saturated carbocycles. The third kappa shape index (κ3) is 2.04. The second kappa shape index (κ2) is 4.37. The fourth-order valence-electron chi connectivity index (χ4n) is 1.57. The topological polar surface area (TPSA) is 73.8 Å². The van der Waals surface area contributed by atoms with Crippen LogP contribution < -0.4 is 5.73 Å². The SMILES string of the molecule is CC(C)n1nnc(C(=O)c2ccccc2)c1N. The molecule has 1 aromatic carbocycles. The van der Waals surface area contributed by atoms with Gasteiger partial charge in [0.05, 0.1) is 6.04 Å². The monoisotopic (exact) mass is 230 g/mol. The number of nitrogens with two attached hydrogens (primary N) is 1. The highest BCUT2D eigenvalue weighted by atomic mass is 16.1. The van der Waals surface area contributed by atoms with Crippen LogP contribution in [0, 0.1) is 0 Å². The number of nitrogens with zero attached hydrogens (tertiary/aromatic N) is 3. The highest BCUT2D eigenvalue weighted by molar-refractivity contribution is 6.10. The van der Waals surface area contributed by atoms with Crippen molar-refractivity contribution in [3.05, 3.63) is 41.6 Å². The van der Waals surface area contributed by atoms with Crippen LogP contribution in [0.25, 0.3) is 0 Å². The molecule has 0 fully saturated rings. The molecule has 2 aromatic rings. The zero-order valence-electron chi connectivity index (χ0n) is 9.79. The van der Waals surface area contributed by atoms with E-state index in [9.17, 15) is 4.79 Å². The van der Waals surface area contributed by atoms with Crippen LogP contribution in [0.4, 0.5) is 5.82 Å². The van der Waals surface area contributed by atoms with Crippen molar-refractivity contribution in [1.29, 1.82) is 0 Å². The smallest absolute Gasteiger partial charge is 0.217 e. The fourth-order valence-corrected chi connectivity index (χ4v) is 1.57. The van der Waals surface area contributed by atoms with Crippen molar-refractivity contribution in [2.75, 3.05) is 5.73 Å². The van der Waals surface area contributed by atoms with Gasteiger partial charge in [0.25, 0.3) is 0 Å². The number of hydrogen-bond acceptors (Lipinski definition) is 4. The summed E-state index contributed by atoms with van der Waals surface area (Å²) >= 11 is 0. The van der Waals surface area contributed by atoms with Gasteiger partial charge in [0, 0.05) is 5.56 Å². The number of carbonyl (C=O) groups is 1. The average Bonchev–Trinajstić information content (AvgIpc) is 2.71. The first-order valence-corrected chi connectivity index (χ1v) is 5.41. The minimum atomic E-state index is -0.199. The molecule has 0 unspecified atom stereocenters. The lowest BCUT2D eigenvalue weighted by atomic mass is 10.1. The maximum atomic E-state index is 12.1. The van der Waals surface area contributed by atoms with E-state index >= 15 is 0 Å². The summed E-state index contributed by atoms with van der Waals surface area (Å²) in [6.45, 7) is 3.86. The molecule has 5 heteroatoms. The van der Waals surface area contributed by atoms with Gasteiger partial charge in [-0.05, 0) is 13.8 Å². The van der Waals surface area contributed by atoms with Crippen molar-refractivity contribution in [1.82, 2.24) is 15.0 Å². The molecule has 1 aromatic heterocycles. The summed E-state index contributed by atoms with van der Waals surface area (Å²) in [6, 6.07) is 9.00. The van der Waals surface area contributed by atoms with Gasteiger partial charge in [-0.1, -0.05) is 35.5 Å². The van der Waals surface area contributed by atoms with Crippen LogP contribution in [0.3, 0.4) is 0 Å². The van der Waals surface area contributed by atoms with Crippen molar-refractivity contribution in [3.8, 4) is 0 Å². The van der Waals surface area contributed by atoms with Gasteiger partial charge in [-0.15, -0.1) is 5.10 Å². The lowest BCUT2D eigenvalue weighted by Gasteiger charge is -2.05. The van der Waals surface area contributed by atoms with Crippen molar-refractivity contribution >= 4 is 11.6 Å². The molecular formula is C12H14N4O. The first-order valence-electron chi connectivity index (χ1n) is 5.41. The second-order valence-corrected chi connectivity index (χ2v) is 4.06. The molecular weight excluding hydrogens is 216 g/mol. The molecule has 0 radical (unpaired) electrons. The Bertz CT molecular complexity index is 531. The van der Waals surface area contributed by atoms with Crippen molar-refractivity contribution in [2.45, 2.75) is 19.9 Å². The zero-order chi connectivity index (χ0) is 12.4. The largest absolute Gasteiger partial charge is 0.382 e. The maximum Gasteiger partial charge on any atom is 0.217 e. The number of carbonyl (C=O) groups excluding carboxylic acids is 1. The van der Waals surface area contributed by atoms with Gasteiger partial charge in [-0.3, -0.25) is 4.79 Å². The van der Waals surface area contributed by atoms with Crippen LogP contribution in [0.2, 0.25) is 0 Å². The van der Waals surface area contributed by atoms with E-state index in [1.54, 1.807) is 24.3 Å². The predicted octanol–water partition coefficient (Wildman–Crippen LogP) is 1.67. The molecule has 0 aliphatic rings. The number of rotatable bonds is 3. The summed E-state index contributed by atoms with van der Waals surface area (Å²) in [5.41, 5.74) is 6.64. The Morgan fingerprint density at radius 3 is 2.47 bits per heavy atom. The zero-order valence-corrected chi connectivity index (χ0v) is 9.79. The van der Waals surface area contributed by atoms with Crippen molar-refractivity contribution in [3.63, 3.8) is 0 Å². The Morgan fingerprint density at radius 2 is 1.94 bits per heavy atom. The molecule has 2 N–H and O–H groups in total. The molecule has 0 atom stereocenters. The Balaban J connectivity index is 2.39. The first-order chi connectivity index (χ1) is 8.11. The molecule has 0 bridgehead atoms. The molecule has 5 nitrogen and oxygen atoms in total. The quantitative estimate of drug-likeness (QED) is 0.814. The average molecular weight is 230 g/mol. The summed E-state index contributed by atoms with van der Waals surface area (Å²) < 4.78 is 1.54. The minimum absolute atomic E-state index is 0.0832. The van der Waals surface area contributed by atoms with E-state index in [-0.39, 0.29) is 17.5 Å². The van der Waals surface area contributed by atoms with E-state index in [4.69, 9.17) is 5.73 Å². The van der Waals surface area contributed by atoms with Gasteiger partial charge in [0.15, 0.2) is 11.5 Å². The van der Waals surface area contributed by atoms with E-state index in [0.29, 0.717) is 11.4 Å². The lowest BCUT2D eigenvalue weighted by molar-refractivity contribution is 0.103. The first kappa shape index (κ1) is 11.3. The predicted molar refractivity (Wildman–Crippen MR) is 64.7 cm³/mol. The number of ketones is 1. The van der Waals surface area contributed by atoms with Crippen LogP contribution in [-0.4, -0.2) is 20.8 Å². The fraction of sp³-hybridized carbons (Fsp3) is 0.250. The molecule has 0 amide bonds. The third-order valence-electron chi connectivity index (χ3n) is 2.47. The standard InChI is InChI=1S/C12H14N4O/c1-8(2)16-12(13)10(14-15-16)11(17)9-6-4-3-5-7-9/h3-8H,13H2,1-2H3. The van der Waals surface area contributed by atoms with Gasteiger partial charge in [0.1, 0.15) is 0 Å². The van der Waals surface area contributed by atoms with E-state index in [2.05, 4.69) is 10.3 Å². The van der Waals surface area contributed by atoms with Crippen molar-refractivity contribution in [2.24, 2.45) is 0 Å². The van der Waals surface area contributed by atoms with Crippen LogP contribution >= 0.6 is 0 Å². The van der Waals surface area contributed by atoms with Gasteiger partial charge >= 0.3 is 0 Å². The Kier molecular flexibility index (Phi) is 2.91. The van der Waals surface area contributed by atoms with Gasteiger partial charge in [-0.2, -0.15) is 0 Å². The molecule has 0 aliphatic heterocycles.